The van der Waals surface area contributed by atoms with Gasteiger partial charge in [0.1, 0.15) is 6.04 Å². The molecular formula is C16H26N4O7S. The van der Waals surface area contributed by atoms with Crippen LogP contribution in [0.2, 0.25) is 0 Å². The van der Waals surface area contributed by atoms with Crippen LogP contribution in [0.5, 0.6) is 0 Å². The molecule has 0 spiro atoms. The minimum Gasteiger partial charge on any atom is -0.314 e. The van der Waals surface area contributed by atoms with Crippen molar-refractivity contribution in [1.82, 2.24) is 20.8 Å². The molecule has 12 heteroatoms. The Morgan fingerprint density at radius 1 is 1.18 bits per heavy atom. The van der Waals surface area contributed by atoms with Crippen LogP contribution in [0.25, 0.3) is 0 Å². The minimum atomic E-state index is -4.81. The Kier molecular flexibility index (Phi) is 5.49. The van der Waals surface area contributed by atoms with E-state index in [0.717, 1.165) is 32.2 Å². The third-order valence-electron chi connectivity index (χ3n) is 6.24. The van der Waals surface area contributed by atoms with E-state index in [1.165, 1.54) is 11.3 Å². The zero-order valence-corrected chi connectivity index (χ0v) is 16.3. The molecule has 3 N–H and O–H groups in total. The highest BCUT2D eigenvalue weighted by Gasteiger charge is 2.49. The number of hydroxylamine groups is 3. The molecule has 0 radical (unpaired) electrons. The molecule has 0 aromatic carbocycles. The molecular weight excluding hydrogens is 392 g/mol. The maximum absolute atomic E-state index is 12.7. The minimum absolute atomic E-state index is 0.0551. The number of carbonyl (C=O) groups is 2. The van der Waals surface area contributed by atoms with Crippen LogP contribution in [0.4, 0.5) is 4.79 Å². The van der Waals surface area contributed by atoms with Crippen molar-refractivity contribution in [2.45, 2.75) is 69.2 Å². The molecule has 158 valence electrons. The first kappa shape index (κ1) is 19.8. The number of nitrogens with one attached hydrogen (secondary N) is 2. The van der Waals surface area contributed by atoms with Crippen LogP contribution in [-0.2, 0) is 24.3 Å². The lowest BCUT2D eigenvalue weighted by Gasteiger charge is -2.41. The first-order chi connectivity index (χ1) is 13.3. The number of hydrogen-bond donors (Lipinski definition) is 3. The molecule has 1 saturated carbocycles. The highest BCUT2D eigenvalue weighted by Crippen LogP contribution is 2.33. The number of carbonyl (C=O) groups excluding carboxylic acids is 2. The normalized spacial score (nSPS) is 35.6. The number of rotatable bonds is 5. The molecule has 3 amide bonds. The number of fused-ring (bicyclic) bond motifs is 3. The standard InChI is InChI=1S/C16H26N4O7S/c21-15(18-26-14-7-8-17-12-4-2-1-3-11(12)14)13-6-5-10-9-19(13)16(22)20(10)27-28(23,24)25/h10-14,17H,1-9H2,(H,18,21)(H,23,24,25)/t10?,11?,12?,13-,14?/m0/s1. The van der Waals surface area contributed by atoms with Crippen LogP contribution < -0.4 is 10.8 Å². The van der Waals surface area contributed by atoms with Gasteiger partial charge in [0.15, 0.2) is 0 Å². The smallest absolute Gasteiger partial charge is 0.314 e. The van der Waals surface area contributed by atoms with Crippen molar-refractivity contribution < 1.29 is 31.7 Å². The van der Waals surface area contributed by atoms with Crippen LogP contribution in [0.15, 0.2) is 0 Å². The number of nitrogens with zero attached hydrogens (tertiary/aromatic N) is 2. The van der Waals surface area contributed by atoms with Gasteiger partial charge in [0.05, 0.1) is 12.1 Å². The average molecular weight is 418 g/mol. The first-order valence-electron chi connectivity index (χ1n) is 9.79. The van der Waals surface area contributed by atoms with E-state index in [0.29, 0.717) is 29.9 Å². The second-order valence-electron chi connectivity index (χ2n) is 7.93. The number of amides is 3. The van der Waals surface area contributed by atoms with Crippen molar-refractivity contribution in [3.63, 3.8) is 0 Å². The van der Waals surface area contributed by atoms with Crippen molar-refractivity contribution in [2.75, 3.05) is 13.1 Å². The van der Waals surface area contributed by atoms with E-state index < -0.39 is 34.4 Å². The van der Waals surface area contributed by atoms with E-state index in [2.05, 4.69) is 15.1 Å². The SMILES string of the molecule is O=C(NOC1CCNC2CCCCC21)[C@@H]1CCC2CN1C(=O)N2OS(=O)(=O)O. The largest absolute Gasteiger partial charge is 0.418 e. The summed E-state index contributed by atoms with van der Waals surface area (Å²) in [6.07, 6.45) is 6.04. The molecule has 3 heterocycles. The highest BCUT2D eigenvalue weighted by atomic mass is 32.3. The Balaban J connectivity index is 1.35. The second kappa shape index (κ2) is 7.75. The Hall–Kier alpha value is -1.47. The van der Waals surface area contributed by atoms with Gasteiger partial charge in [-0.15, -0.1) is 4.28 Å². The lowest BCUT2D eigenvalue weighted by molar-refractivity contribution is -0.150. The van der Waals surface area contributed by atoms with Crippen LogP contribution >= 0.6 is 0 Å². The van der Waals surface area contributed by atoms with Crippen LogP contribution in [0, 0.1) is 5.92 Å². The van der Waals surface area contributed by atoms with Gasteiger partial charge in [0, 0.05) is 18.5 Å². The summed E-state index contributed by atoms with van der Waals surface area (Å²) in [5.41, 5.74) is 2.53. The van der Waals surface area contributed by atoms with Crippen LogP contribution in [0.1, 0.15) is 44.9 Å². The van der Waals surface area contributed by atoms with E-state index in [4.69, 9.17) is 9.39 Å². The first-order valence-corrected chi connectivity index (χ1v) is 11.2. The maximum Gasteiger partial charge on any atom is 0.418 e. The summed E-state index contributed by atoms with van der Waals surface area (Å²) >= 11 is 0. The summed E-state index contributed by atoms with van der Waals surface area (Å²) in [6, 6.07) is -1.62. The zero-order chi connectivity index (χ0) is 19.9. The van der Waals surface area contributed by atoms with Gasteiger partial charge in [-0.2, -0.15) is 13.5 Å². The summed E-state index contributed by atoms with van der Waals surface area (Å²) in [5, 5.41) is 4.15. The predicted molar refractivity (Wildman–Crippen MR) is 94.8 cm³/mol. The fraction of sp³-hybridized carbons (Fsp3) is 0.875. The Bertz CT molecular complexity index is 731. The van der Waals surface area contributed by atoms with Gasteiger partial charge in [-0.1, -0.05) is 12.8 Å². The third kappa shape index (κ3) is 3.96. The van der Waals surface area contributed by atoms with Gasteiger partial charge in [-0.25, -0.2) is 10.3 Å². The van der Waals surface area contributed by atoms with Crippen molar-refractivity contribution in [2.24, 2.45) is 5.92 Å². The van der Waals surface area contributed by atoms with E-state index in [1.54, 1.807) is 0 Å². The van der Waals surface area contributed by atoms with Crippen molar-refractivity contribution in [3.8, 4) is 0 Å². The van der Waals surface area contributed by atoms with E-state index in [1.807, 2.05) is 0 Å². The summed E-state index contributed by atoms with van der Waals surface area (Å²) in [5.74, 6) is -0.0583. The number of piperidine rings is 2. The summed E-state index contributed by atoms with van der Waals surface area (Å²) in [4.78, 5) is 32.1. The molecule has 11 nitrogen and oxygen atoms in total. The lowest BCUT2D eigenvalue weighted by atomic mass is 9.78. The maximum atomic E-state index is 12.7. The van der Waals surface area contributed by atoms with Gasteiger partial charge in [-0.05, 0) is 38.6 Å². The molecule has 4 rings (SSSR count). The second-order valence-corrected chi connectivity index (χ2v) is 8.93. The fourth-order valence-electron chi connectivity index (χ4n) is 4.94. The van der Waals surface area contributed by atoms with Crippen molar-refractivity contribution in [3.05, 3.63) is 0 Å². The van der Waals surface area contributed by atoms with Crippen LogP contribution in [0.3, 0.4) is 0 Å². The number of hydrogen-bond acceptors (Lipinski definition) is 7. The van der Waals surface area contributed by atoms with Gasteiger partial charge in [0.25, 0.3) is 5.91 Å². The van der Waals surface area contributed by atoms with Gasteiger partial charge < -0.3 is 10.2 Å². The monoisotopic (exact) mass is 418 g/mol. The lowest BCUT2D eigenvalue weighted by Crippen LogP contribution is -2.54. The molecule has 0 aromatic heterocycles. The Labute approximate surface area is 163 Å². The molecule has 2 bridgehead atoms. The van der Waals surface area contributed by atoms with Gasteiger partial charge >= 0.3 is 16.4 Å². The zero-order valence-electron chi connectivity index (χ0n) is 15.5. The van der Waals surface area contributed by atoms with Gasteiger partial charge in [0.2, 0.25) is 0 Å². The summed E-state index contributed by atoms with van der Waals surface area (Å²) < 4.78 is 35.1. The molecule has 3 aliphatic heterocycles. The number of urea groups is 1. The van der Waals surface area contributed by atoms with Crippen LogP contribution in [-0.4, -0.2) is 72.2 Å². The van der Waals surface area contributed by atoms with Crippen molar-refractivity contribution in [1.29, 1.82) is 0 Å². The molecule has 0 aromatic rings. The third-order valence-corrected chi connectivity index (χ3v) is 6.59. The van der Waals surface area contributed by atoms with E-state index in [-0.39, 0.29) is 12.6 Å². The predicted octanol–water partition coefficient (Wildman–Crippen LogP) is -0.0421. The highest BCUT2D eigenvalue weighted by molar-refractivity contribution is 7.80. The molecule has 3 saturated heterocycles. The van der Waals surface area contributed by atoms with E-state index in [9.17, 15) is 18.0 Å². The molecule has 1 aliphatic carbocycles. The van der Waals surface area contributed by atoms with Crippen molar-refractivity contribution >= 4 is 22.3 Å². The fourth-order valence-corrected chi connectivity index (χ4v) is 5.32. The van der Waals surface area contributed by atoms with E-state index >= 15 is 0 Å². The Morgan fingerprint density at radius 3 is 2.75 bits per heavy atom. The molecule has 4 fully saturated rings. The quantitative estimate of drug-likeness (QED) is 0.418. The molecule has 4 aliphatic rings. The topological polar surface area (TPSA) is 138 Å². The molecule has 28 heavy (non-hydrogen) atoms. The molecule has 4 unspecified atom stereocenters. The van der Waals surface area contributed by atoms with Gasteiger partial charge in [-0.3, -0.25) is 14.2 Å². The Morgan fingerprint density at radius 2 is 1.96 bits per heavy atom. The summed E-state index contributed by atoms with van der Waals surface area (Å²) in [6.45, 7) is 1.00. The summed E-state index contributed by atoms with van der Waals surface area (Å²) in [7, 11) is -4.81. The molecule has 5 atom stereocenters. The average Bonchev–Trinajstić information content (AvgIpc) is 2.89.